The maximum atomic E-state index is 11.4. The molecule has 0 fully saturated rings. The van der Waals surface area contributed by atoms with Crippen molar-refractivity contribution in [1.82, 2.24) is 10.6 Å². The van der Waals surface area contributed by atoms with Crippen LogP contribution in [0.5, 0.6) is 5.75 Å². The van der Waals surface area contributed by atoms with Gasteiger partial charge in [0.25, 0.3) is 0 Å². The van der Waals surface area contributed by atoms with Gasteiger partial charge in [-0.2, -0.15) is 0 Å². The van der Waals surface area contributed by atoms with Crippen LogP contribution in [0.1, 0.15) is 18.1 Å². The smallest absolute Gasteiger partial charge is 0.238 e. The number of primary sulfonamides is 1. The van der Waals surface area contributed by atoms with Gasteiger partial charge in [-0.1, -0.05) is 24.3 Å². The molecule has 26 heavy (non-hydrogen) atoms. The molecule has 0 heterocycles. The third-order valence-corrected chi connectivity index (χ3v) is 4.50. The van der Waals surface area contributed by atoms with Gasteiger partial charge in [-0.05, 0) is 42.3 Å². The Morgan fingerprint density at radius 2 is 1.85 bits per heavy atom. The summed E-state index contributed by atoms with van der Waals surface area (Å²) >= 11 is 0. The Bertz CT molecular complexity index is 866. The molecule has 0 aliphatic rings. The van der Waals surface area contributed by atoms with Crippen LogP contribution in [0, 0.1) is 0 Å². The number of rotatable bonds is 7. The summed E-state index contributed by atoms with van der Waals surface area (Å²) in [5, 5.41) is 11.6. The lowest BCUT2D eigenvalue weighted by Crippen LogP contribution is -2.36. The Morgan fingerprint density at radius 1 is 1.12 bits per heavy atom. The molecule has 0 radical (unpaired) electrons. The Morgan fingerprint density at radius 3 is 2.54 bits per heavy atom. The molecular weight excluding hydrogens is 352 g/mol. The second-order valence-corrected chi connectivity index (χ2v) is 7.15. The van der Waals surface area contributed by atoms with Crippen molar-refractivity contribution in [3.63, 3.8) is 0 Å². The van der Waals surface area contributed by atoms with E-state index in [0.29, 0.717) is 25.6 Å². The third-order valence-electron chi connectivity index (χ3n) is 3.59. The summed E-state index contributed by atoms with van der Waals surface area (Å²) in [6.07, 6.45) is 0. The number of nitrogens with two attached hydrogens (primary N) is 1. The summed E-state index contributed by atoms with van der Waals surface area (Å²) in [5.41, 5.74) is 1.82. The summed E-state index contributed by atoms with van der Waals surface area (Å²) in [7, 11) is -2.09. The van der Waals surface area contributed by atoms with Crippen LogP contribution >= 0.6 is 0 Å². The molecule has 2 aromatic rings. The molecule has 0 saturated carbocycles. The number of sulfonamides is 1. The Hall–Kier alpha value is -2.58. The van der Waals surface area contributed by atoms with Crippen molar-refractivity contribution in [1.29, 1.82) is 0 Å². The van der Waals surface area contributed by atoms with Crippen molar-refractivity contribution in [3.05, 3.63) is 59.7 Å². The molecular formula is C18H24N4O3S. The molecule has 4 N–H and O–H groups in total. The summed E-state index contributed by atoms with van der Waals surface area (Å²) < 4.78 is 28.1. The van der Waals surface area contributed by atoms with Gasteiger partial charge in [0.05, 0.1) is 18.6 Å². The SMILES string of the molecule is CCNC(=NCc1cccc(S(N)(=O)=O)c1)NCc1cccc(OC)c1. The van der Waals surface area contributed by atoms with Crippen LogP contribution < -0.4 is 20.5 Å². The highest BCUT2D eigenvalue weighted by Gasteiger charge is 2.08. The molecule has 0 atom stereocenters. The van der Waals surface area contributed by atoms with E-state index in [1.54, 1.807) is 13.2 Å². The second-order valence-electron chi connectivity index (χ2n) is 5.59. The van der Waals surface area contributed by atoms with Gasteiger partial charge in [-0.3, -0.25) is 0 Å². The Labute approximate surface area is 154 Å². The second kappa shape index (κ2) is 9.21. The molecule has 0 unspecified atom stereocenters. The number of hydrogen-bond donors (Lipinski definition) is 3. The normalized spacial score (nSPS) is 11.9. The number of aliphatic imine (C=N–C) groups is 1. The molecule has 0 saturated heterocycles. The molecule has 7 nitrogen and oxygen atoms in total. The molecule has 140 valence electrons. The van der Waals surface area contributed by atoms with Gasteiger partial charge < -0.3 is 15.4 Å². The van der Waals surface area contributed by atoms with Gasteiger partial charge >= 0.3 is 0 Å². The zero-order chi connectivity index (χ0) is 19.0. The number of methoxy groups -OCH3 is 1. The van der Waals surface area contributed by atoms with E-state index >= 15 is 0 Å². The zero-order valence-corrected chi connectivity index (χ0v) is 15.7. The van der Waals surface area contributed by atoms with Crippen LogP contribution in [0.25, 0.3) is 0 Å². The van der Waals surface area contributed by atoms with Crippen molar-refractivity contribution in [2.75, 3.05) is 13.7 Å². The zero-order valence-electron chi connectivity index (χ0n) is 14.9. The van der Waals surface area contributed by atoms with Gasteiger partial charge in [0.2, 0.25) is 10.0 Å². The predicted octanol–water partition coefficient (Wildman–Crippen LogP) is 1.60. The first kappa shape index (κ1) is 19.7. The minimum absolute atomic E-state index is 0.0829. The summed E-state index contributed by atoms with van der Waals surface area (Å²) in [6.45, 7) is 3.60. The van der Waals surface area contributed by atoms with Crippen molar-refractivity contribution >= 4 is 16.0 Å². The van der Waals surface area contributed by atoms with E-state index in [9.17, 15) is 8.42 Å². The topological polar surface area (TPSA) is 106 Å². The first-order valence-electron chi connectivity index (χ1n) is 8.19. The lowest BCUT2D eigenvalue weighted by atomic mass is 10.2. The number of ether oxygens (including phenoxy) is 1. The largest absolute Gasteiger partial charge is 0.497 e. The quantitative estimate of drug-likeness (QED) is 0.503. The molecule has 0 amide bonds. The summed E-state index contributed by atoms with van der Waals surface area (Å²) in [5.74, 6) is 1.43. The molecule has 0 aliphatic carbocycles. The number of nitrogens with zero attached hydrogens (tertiary/aromatic N) is 1. The Kier molecular flexibility index (Phi) is 6.99. The predicted molar refractivity (Wildman–Crippen MR) is 102 cm³/mol. The van der Waals surface area contributed by atoms with Crippen LogP contribution in [-0.2, 0) is 23.1 Å². The van der Waals surface area contributed by atoms with Crippen LogP contribution in [0.15, 0.2) is 58.4 Å². The number of benzene rings is 2. The van der Waals surface area contributed by atoms with Crippen molar-refractivity contribution < 1.29 is 13.2 Å². The minimum Gasteiger partial charge on any atom is -0.497 e. The molecule has 0 aromatic heterocycles. The van der Waals surface area contributed by atoms with Crippen LogP contribution in [0.4, 0.5) is 0 Å². The molecule has 2 aromatic carbocycles. The monoisotopic (exact) mass is 376 g/mol. The fourth-order valence-electron chi connectivity index (χ4n) is 2.30. The fourth-order valence-corrected chi connectivity index (χ4v) is 2.89. The van der Waals surface area contributed by atoms with Crippen molar-refractivity contribution in [2.24, 2.45) is 10.1 Å². The van der Waals surface area contributed by atoms with Gasteiger partial charge in [-0.15, -0.1) is 0 Å². The van der Waals surface area contributed by atoms with E-state index in [-0.39, 0.29) is 4.90 Å². The van der Waals surface area contributed by atoms with Gasteiger partial charge in [-0.25, -0.2) is 18.5 Å². The van der Waals surface area contributed by atoms with E-state index in [1.165, 1.54) is 12.1 Å². The molecule has 0 spiro atoms. The highest BCUT2D eigenvalue weighted by molar-refractivity contribution is 7.89. The van der Waals surface area contributed by atoms with Gasteiger partial charge in [0, 0.05) is 13.1 Å². The average molecular weight is 376 g/mol. The number of guanidine groups is 1. The van der Waals surface area contributed by atoms with Crippen LogP contribution in [0.3, 0.4) is 0 Å². The minimum atomic E-state index is -3.72. The van der Waals surface area contributed by atoms with E-state index < -0.39 is 10.0 Å². The number of nitrogens with one attached hydrogen (secondary N) is 2. The van der Waals surface area contributed by atoms with E-state index in [2.05, 4.69) is 15.6 Å². The highest BCUT2D eigenvalue weighted by Crippen LogP contribution is 2.12. The first-order chi connectivity index (χ1) is 12.4. The van der Waals surface area contributed by atoms with E-state index in [1.807, 2.05) is 37.3 Å². The summed E-state index contributed by atoms with van der Waals surface area (Å²) in [4.78, 5) is 4.57. The first-order valence-corrected chi connectivity index (χ1v) is 9.74. The molecule has 2 rings (SSSR count). The maximum Gasteiger partial charge on any atom is 0.238 e. The van der Waals surface area contributed by atoms with E-state index in [0.717, 1.165) is 16.9 Å². The lowest BCUT2D eigenvalue weighted by molar-refractivity contribution is 0.414. The van der Waals surface area contributed by atoms with Crippen molar-refractivity contribution in [3.8, 4) is 5.75 Å². The maximum absolute atomic E-state index is 11.4. The molecule has 8 heteroatoms. The van der Waals surface area contributed by atoms with Crippen LogP contribution in [-0.4, -0.2) is 28.0 Å². The molecule has 0 bridgehead atoms. The summed E-state index contributed by atoms with van der Waals surface area (Å²) in [6, 6.07) is 14.2. The van der Waals surface area contributed by atoms with Crippen molar-refractivity contribution in [2.45, 2.75) is 24.9 Å². The van der Waals surface area contributed by atoms with Gasteiger partial charge in [0.1, 0.15) is 5.75 Å². The Balaban J connectivity index is 2.06. The standard InChI is InChI=1S/C18H24N4O3S/c1-3-20-18(21-12-14-6-4-8-16(10-14)25-2)22-13-15-7-5-9-17(11-15)26(19,23)24/h4-11H,3,12-13H2,1-2H3,(H2,19,23,24)(H2,20,21,22). The van der Waals surface area contributed by atoms with E-state index in [4.69, 9.17) is 9.88 Å². The molecule has 0 aliphatic heterocycles. The fraction of sp³-hybridized carbons (Fsp3) is 0.278. The van der Waals surface area contributed by atoms with Crippen LogP contribution in [0.2, 0.25) is 0 Å². The highest BCUT2D eigenvalue weighted by atomic mass is 32.2. The third kappa shape index (κ3) is 6.05. The lowest BCUT2D eigenvalue weighted by Gasteiger charge is -2.12. The van der Waals surface area contributed by atoms with Gasteiger partial charge in [0.15, 0.2) is 5.96 Å². The average Bonchev–Trinajstić information content (AvgIpc) is 2.63. The number of hydrogen-bond acceptors (Lipinski definition) is 4.